The fourth-order valence-electron chi connectivity index (χ4n) is 3.37. The maximum absolute atomic E-state index is 13.1. The number of nitrogens with one attached hydrogen (secondary N) is 1. The number of rotatable bonds is 7. The number of ether oxygens (including phenoxy) is 2. The lowest BCUT2D eigenvalue weighted by Gasteiger charge is -2.14. The molecule has 1 amide bonds. The predicted molar refractivity (Wildman–Crippen MR) is 148 cm³/mol. The van der Waals surface area contributed by atoms with E-state index in [0.717, 1.165) is 4.47 Å². The molecule has 1 N–H and O–H groups in total. The van der Waals surface area contributed by atoms with Gasteiger partial charge in [0.1, 0.15) is 5.82 Å². The summed E-state index contributed by atoms with van der Waals surface area (Å²) in [6.07, 6.45) is 1.46. The summed E-state index contributed by atoms with van der Waals surface area (Å²) in [5.74, 6) is 0.715. The van der Waals surface area contributed by atoms with E-state index in [2.05, 4.69) is 47.3 Å². The molecule has 1 aromatic heterocycles. The van der Waals surface area contributed by atoms with Gasteiger partial charge in [0.15, 0.2) is 18.1 Å². The van der Waals surface area contributed by atoms with Crippen molar-refractivity contribution >= 4 is 72.2 Å². The minimum Gasteiger partial charge on any atom is -0.493 e. The van der Waals surface area contributed by atoms with Gasteiger partial charge in [-0.1, -0.05) is 43.5 Å². The highest BCUT2D eigenvalue weighted by molar-refractivity contribution is 9.10. The van der Waals surface area contributed by atoms with Crippen molar-refractivity contribution in [3.05, 3.63) is 90.3 Å². The Hall–Kier alpha value is -3.21. The zero-order valence-corrected chi connectivity index (χ0v) is 23.0. The van der Waals surface area contributed by atoms with Gasteiger partial charge in [-0.15, -0.1) is 0 Å². The summed E-state index contributed by atoms with van der Waals surface area (Å²) in [5, 5.41) is 8.10. The molecule has 3 aromatic carbocycles. The fraction of sp³-hybridized carbons (Fsp3) is 0.120. The number of fused-ring (bicyclic) bond motifs is 1. The second-order valence-electron chi connectivity index (χ2n) is 7.55. The average molecular weight is 635 g/mol. The fourth-order valence-corrected chi connectivity index (χ4v) is 4.32. The molecule has 0 aliphatic heterocycles. The summed E-state index contributed by atoms with van der Waals surface area (Å²) in [5.41, 5.74) is 1.33. The van der Waals surface area contributed by atoms with Crippen molar-refractivity contribution < 1.29 is 14.3 Å². The lowest BCUT2D eigenvalue weighted by atomic mass is 10.2. The first kappa shape index (κ1) is 25.9. The standard InChI is InChI=1S/C25H19Br2ClN4O4/c1-14-30-21-8-3-16(26)10-20(21)25(34)32(14)29-12-15-9-17(27)11-22(35-2)24(15)36-13-23(33)31-19-6-4-18(28)5-7-19/h3-12H,13H2,1-2H3,(H,31,33). The highest BCUT2D eigenvalue weighted by Gasteiger charge is 2.15. The Morgan fingerprint density at radius 3 is 2.61 bits per heavy atom. The van der Waals surface area contributed by atoms with Crippen LogP contribution in [0, 0.1) is 6.92 Å². The third-order valence-electron chi connectivity index (χ3n) is 5.03. The van der Waals surface area contributed by atoms with Crippen molar-refractivity contribution in [2.45, 2.75) is 6.92 Å². The number of methoxy groups -OCH3 is 1. The first-order chi connectivity index (χ1) is 17.2. The molecule has 0 spiro atoms. The Balaban J connectivity index is 1.63. The van der Waals surface area contributed by atoms with Gasteiger partial charge in [-0.25, -0.2) is 4.98 Å². The molecule has 0 unspecified atom stereocenters. The smallest absolute Gasteiger partial charge is 0.282 e. The summed E-state index contributed by atoms with van der Waals surface area (Å²) in [6.45, 7) is 1.41. The van der Waals surface area contributed by atoms with Crippen LogP contribution in [0.5, 0.6) is 11.5 Å². The summed E-state index contributed by atoms with van der Waals surface area (Å²) in [7, 11) is 1.49. The molecule has 36 heavy (non-hydrogen) atoms. The summed E-state index contributed by atoms with van der Waals surface area (Å²) in [4.78, 5) is 30.0. The average Bonchev–Trinajstić information content (AvgIpc) is 2.84. The minimum absolute atomic E-state index is 0.286. The maximum Gasteiger partial charge on any atom is 0.282 e. The molecule has 0 saturated carbocycles. The highest BCUT2D eigenvalue weighted by atomic mass is 79.9. The topological polar surface area (TPSA) is 94.8 Å². The van der Waals surface area contributed by atoms with Crippen LogP contribution in [0.25, 0.3) is 10.9 Å². The van der Waals surface area contributed by atoms with Crippen molar-refractivity contribution in [2.75, 3.05) is 19.0 Å². The molecule has 0 fully saturated rings. The van der Waals surface area contributed by atoms with Gasteiger partial charge in [0.05, 0.1) is 24.2 Å². The molecule has 0 atom stereocenters. The van der Waals surface area contributed by atoms with E-state index in [0.29, 0.717) is 43.2 Å². The van der Waals surface area contributed by atoms with Crippen LogP contribution in [0.15, 0.2) is 73.4 Å². The third kappa shape index (κ3) is 5.95. The SMILES string of the molecule is COc1cc(Br)cc(C=Nn2c(C)nc3ccc(Br)cc3c2=O)c1OCC(=O)Nc1ccc(Cl)cc1. The van der Waals surface area contributed by atoms with Gasteiger partial charge in [0.2, 0.25) is 0 Å². The van der Waals surface area contributed by atoms with Crippen molar-refractivity contribution in [3.8, 4) is 11.5 Å². The van der Waals surface area contributed by atoms with Gasteiger partial charge in [0.25, 0.3) is 11.5 Å². The number of aryl methyl sites for hydroxylation is 1. The predicted octanol–water partition coefficient (Wildman–Crippen LogP) is 5.79. The van der Waals surface area contributed by atoms with Gasteiger partial charge in [-0.3, -0.25) is 9.59 Å². The number of nitrogens with zero attached hydrogens (tertiary/aromatic N) is 3. The Morgan fingerprint density at radius 1 is 1.14 bits per heavy atom. The molecule has 4 rings (SSSR count). The molecule has 8 nitrogen and oxygen atoms in total. The number of hydrogen-bond acceptors (Lipinski definition) is 6. The molecule has 1 heterocycles. The second-order valence-corrected chi connectivity index (χ2v) is 9.82. The maximum atomic E-state index is 13.1. The number of benzene rings is 3. The van der Waals surface area contributed by atoms with Gasteiger partial charge in [0, 0.05) is 25.2 Å². The van der Waals surface area contributed by atoms with E-state index in [4.69, 9.17) is 21.1 Å². The molecular weight excluding hydrogens is 616 g/mol. The molecule has 0 radical (unpaired) electrons. The number of anilines is 1. The quantitative estimate of drug-likeness (QED) is 0.260. The first-order valence-electron chi connectivity index (χ1n) is 10.5. The van der Waals surface area contributed by atoms with E-state index < -0.39 is 0 Å². The van der Waals surface area contributed by atoms with Crippen LogP contribution in [0.2, 0.25) is 5.02 Å². The van der Waals surface area contributed by atoms with E-state index in [1.54, 1.807) is 55.5 Å². The second kappa shape index (κ2) is 11.2. The number of halogens is 3. The molecule has 0 saturated heterocycles. The lowest BCUT2D eigenvalue weighted by Crippen LogP contribution is -2.21. The van der Waals surface area contributed by atoms with E-state index in [1.165, 1.54) is 18.0 Å². The largest absolute Gasteiger partial charge is 0.493 e. The van der Waals surface area contributed by atoms with Crippen LogP contribution in [-0.2, 0) is 4.79 Å². The zero-order valence-electron chi connectivity index (χ0n) is 19.1. The van der Waals surface area contributed by atoms with E-state index in [1.807, 2.05) is 6.07 Å². The van der Waals surface area contributed by atoms with Crippen molar-refractivity contribution in [2.24, 2.45) is 5.10 Å². The third-order valence-corrected chi connectivity index (χ3v) is 6.23. The van der Waals surface area contributed by atoms with E-state index in [-0.39, 0.29) is 23.8 Å². The van der Waals surface area contributed by atoms with Gasteiger partial charge in [-0.2, -0.15) is 9.78 Å². The van der Waals surface area contributed by atoms with Gasteiger partial charge in [-0.05, 0) is 61.5 Å². The van der Waals surface area contributed by atoms with Crippen LogP contribution in [0.4, 0.5) is 5.69 Å². The number of hydrogen-bond donors (Lipinski definition) is 1. The summed E-state index contributed by atoms with van der Waals surface area (Å²) >= 11 is 12.7. The Morgan fingerprint density at radius 2 is 1.89 bits per heavy atom. The molecular formula is C25H19Br2ClN4O4. The number of amides is 1. The number of carbonyl (C=O) groups excluding carboxylic acids is 1. The van der Waals surface area contributed by atoms with E-state index >= 15 is 0 Å². The highest BCUT2D eigenvalue weighted by Crippen LogP contribution is 2.34. The van der Waals surface area contributed by atoms with Crippen LogP contribution in [0.3, 0.4) is 0 Å². The Labute approximate surface area is 228 Å². The van der Waals surface area contributed by atoms with Gasteiger partial charge < -0.3 is 14.8 Å². The molecule has 4 aromatic rings. The molecule has 11 heteroatoms. The zero-order chi connectivity index (χ0) is 25.8. The monoisotopic (exact) mass is 632 g/mol. The minimum atomic E-state index is -0.374. The molecule has 0 aliphatic rings. The van der Waals surface area contributed by atoms with Crippen LogP contribution in [0.1, 0.15) is 11.4 Å². The van der Waals surface area contributed by atoms with Crippen LogP contribution >= 0.6 is 43.5 Å². The lowest BCUT2D eigenvalue weighted by molar-refractivity contribution is -0.118. The molecule has 0 aliphatic carbocycles. The van der Waals surface area contributed by atoms with Crippen molar-refractivity contribution in [1.29, 1.82) is 0 Å². The van der Waals surface area contributed by atoms with E-state index in [9.17, 15) is 9.59 Å². The van der Waals surface area contributed by atoms with Crippen LogP contribution < -0.4 is 20.3 Å². The summed E-state index contributed by atoms with van der Waals surface area (Å²) < 4.78 is 13.9. The number of aromatic nitrogens is 2. The molecule has 184 valence electrons. The summed E-state index contributed by atoms with van der Waals surface area (Å²) in [6, 6.07) is 15.5. The van der Waals surface area contributed by atoms with Gasteiger partial charge >= 0.3 is 0 Å². The molecule has 0 bridgehead atoms. The van der Waals surface area contributed by atoms with Crippen molar-refractivity contribution in [1.82, 2.24) is 9.66 Å². The Kier molecular flexibility index (Phi) is 8.07. The normalized spacial score (nSPS) is 11.1. The van der Waals surface area contributed by atoms with Crippen molar-refractivity contribution in [3.63, 3.8) is 0 Å². The number of carbonyl (C=O) groups is 1. The van der Waals surface area contributed by atoms with Crippen LogP contribution in [-0.4, -0.2) is 35.5 Å². The Bertz CT molecular complexity index is 1540. The first-order valence-corrected chi connectivity index (χ1v) is 12.5.